The Kier molecular flexibility index (Phi) is 3.17. The van der Waals surface area contributed by atoms with E-state index in [4.69, 9.17) is 16.2 Å². The zero-order valence-corrected chi connectivity index (χ0v) is 9.78. The highest BCUT2D eigenvalue weighted by Gasteiger charge is 2.09. The van der Waals surface area contributed by atoms with Crippen molar-refractivity contribution in [2.24, 2.45) is 0 Å². The van der Waals surface area contributed by atoms with Gasteiger partial charge >= 0.3 is 0 Å². The largest absolute Gasteiger partial charge is 0.382 e. The standard InChI is InChI=1S/C8H13N6OP/c9-6-5-7(13-8(10)12-6)14(3-11-5)1-2-15-4-16/h3H,1-2,4,16H2,(H4,9,10,12,13). The summed E-state index contributed by atoms with van der Waals surface area (Å²) in [6.07, 6.45) is 2.26. The highest BCUT2D eigenvalue weighted by atomic mass is 31.0. The van der Waals surface area contributed by atoms with Crippen molar-refractivity contribution in [1.29, 1.82) is 0 Å². The zero-order chi connectivity index (χ0) is 11.5. The Morgan fingerprint density at radius 2 is 2.19 bits per heavy atom. The summed E-state index contributed by atoms with van der Waals surface area (Å²) < 4.78 is 7.06. The Bertz CT molecular complexity index is 498. The molecular formula is C8H13N6OP. The molecule has 86 valence electrons. The van der Waals surface area contributed by atoms with Crippen LogP contribution < -0.4 is 11.5 Å². The number of ether oxygens (including phenoxy) is 1. The molecule has 0 saturated heterocycles. The Hall–Kier alpha value is -1.46. The Balaban J connectivity index is 2.32. The van der Waals surface area contributed by atoms with E-state index in [9.17, 15) is 0 Å². The summed E-state index contributed by atoms with van der Waals surface area (Å²) in [7, 11) is 2.49. The molecule has 2 rings (SSSR count). The van der Waals surface area contributed by atoms with Crippen molar-refractivity contribution in [3.05, 3.63) is 6.33 Å². The monoisotopic (exact) mass is 240 g/mol. The van der Waals surface area contributed by atoms with Crippen molar-refractivity contribution in [1.82, 2.24) is 19.5 Å². The van der Waals surface area contributed by atoms with Gasteiger partial charge in [-0.15, -0.1) is 9.24 Å². The van der Waals surface area contributed by atoms with Crippen LogP contribution in [0.25, 0.3) is 11.2 Å². The number of hydrogen-bond acceptors (Lipinski definition) is 6. The van der Waals surface area contributed by atoms with E-state index >= 15 is 0 Å². The summed E-state index contributed by atoms with van der Waals surface area (Å²) in [6.45, 7) is 1.24. The van der Waals surface area contributed by atoms with Gasteiger partial charge in [-0.2, -0.15) is 9.97 Å². The number of nitrogens with zero attached hydrogens (tertiary/aromatic N) is 4. The Morgan fingerprint density at radius 1 is 1.38 bits per heavy atom. The number of aromatic nitrogens is 4. The summed E-state index contributed by atoms with van der Waals surface area (Å²) in [5, 5.41) is 0. The third kappa shape index (κ3) is 2.05. The molecule has 0 radical (unpaired) electrons. The van der Waals surface area contributed by atoms with Crippen molar-refractivity contribution in [2.45, 2.75) is 6.54 Å². The van der Waals surface area contributed by atoms with Crippen molar-refractivity contribution < 1.29 is 4.74 Å². The highest BCUT2D eigenvalue weighted by molar-refractivity contribution is 7.16. The second-order valence-electron chi connectivity index (χ2n) is 3.15. The van der Waals surface area contributed by atoms with Crippen molar-refractivity contribution in [3.63, 3.8) is 0 Å². The fraction of sp³-hybridized carbons (Fsp3) is 0.375. The van der Waals surface area contributed by atoms with Crippen LogP contribution in [0.5, 0.6) is 0 Å². The lowest BCUT2D eigenvalue weighted by Gasteiger charge is -2.04. The topological polar surface area (TPSA) is 105 Å². The number of nitrogen functional groups attached to an aromatic ring is 2. The molecule has 0 saturated carbocycles. The van der Waals surface area contributed by atoms with Gasteiger partial charge in [0.25, 0.3) is 0 Å². The van der Waals surface area contributed by atoms with E-state index in [0.717, 1.165) is 0 Å². The van der Waals surface area contributed by atoms with Gasteiger partial charge < -0.3 is 20.8 Å². The third-order valence-electron chi connectivity index (χ3n) is 2.10. The summed E-state index contributed by atoms with van der Waals surface area (Å²) in [4.78, 5) is 12.1. The van der Waals surface area contributed by atoms with Crippen LogP contribution >= 0.6 is 9.24 Å². The first-order chi connectivity index (χ1) is 7.72. The molecule has 1 atom stereocenters. The number of imidazole rings is 1. The average Bonchev–Trinajstić information content (AvgIpc) is 2.62. The molecule has 2 aromatic rings. The minimum atomic E-state index is 0.152. The van der Waals surface area contributed by atoms with Crippen LogP contribution in [0.15, 0.2) is 6.33 Å². The minimum absolute atomic E-state index is 0.152. The Morgan fingerprint density at radius 3 is 2.94 bits per heavy atom. The minimum Gasteiger partial charge on any atom is -0.382 e. The quantitative estimate of drug-likeness (QED) is 0.568. The predicted molar refractivity (Wildman–Crippen MR) is 64.7 cm³/mol. The number of fused-ring (bicyclic) bond motifs is 1. The molecule has 0 aliphatic carbocycles. The molecule has 0 amide bonds. The number of nitrogens with two attached hydrogens (primary N) is 2. The molecule has 2 aromatic heterocycles. The van der Waals surface area contributed by atoms with Crippen LogP contribution in [-0.2, 0) is 11.3 Å². The lowest BCUT2D eigenvalue weighted by molar-refractivity contribution is 0.173. The van der Waals surface area contributed by atoms with E-state index in [1.165, 1.54) is 0 Å². The van der Waals surface area contributed by atoms with Gasteiger partial charge in [0.15, 0.2) is 11.5 Å². The molecule has 0 aliphatic rings. The summed E-state index contributed by atoms with van der Waals surface area (Å²) >= 11 is 0. The van der Waals surface area contributed by atoms with E-state index in [2.05, 4.69) is 24.2 Å². The first kappa shape index (κ1) is 11.0. The van der Waals surface area contributed by atoms with Gasteiger partial charge in [0.2, 0.25) is 5.95 Å². The van der Waals surface area contributed by atoms with E-state index in [1.54, 1.807) is 6.33 Å². The summed E-state index contributed by atoms with van der Waals surface area (Å²) in [5.74, 6) is 0.451. The normalized spacial score (nSPS) is 11.1. The number of rotatable bonds is 4. The molecule has 0 aliphatic heterocycles. The van der Waals surface area contributed by atoms with Crippen LogP contribution in [0.4, 0.5) is 11.8 Å². The average molecular weight is 240 g/mol. The first-order valence-electron chi connectivity index (χ1n) is 4.74. The van der Waals surface area contributed by atoms with E-state index in [0.29, 0.717) is 36.5 Å². The van der Waals surface area contributed by atoms with Crippen molar-refractivity contribution in [2.75, 3.05) is 24.4 Å². The molecule has 0 spiro atoms. The molecular weight excluding hydrogens is 227 g/mol. The molecule has 16 heavy (non-hydrogen) atoms. The molecule has 1 unspecified atom stereocenters. The van der Waals surface area contributed by atoms with Crippen molar-refractivity contribution >= 4 is 32.2 Å². The van der Waals surface area contributed by atoms with Gasteiger partial charge in [0, 0.05) is 6.54 Å². The molecule has 7 nitrogen and oxygen atoms in total. The van der Waals surface area contributed by atoms with Crippen molar-refractivity contribution in [3.8, 4) is 0 Å². The van der Waals surface area contributed by atoms with Gasteiger partial charge in [0.05, 0.1) is 19.3 Å². The predicted octanol–water partition coefficient (Wildman–Crippen LogP) is -0.160. The SMILES string of the molecule is Nc1nc(N)c2ncn(CCOCP)c2n1. The van der Waals surface area contributed by atoms with Gasteiger partial charge in [0.1, 0.15) is 5.52 Å². The van der Waals surface area contributed by atoms with E-state index in [1.807, 2.05) is 4.57 Å². The van der Waals surface area contributed by atoms with E-state index in [-0.39, 0.29) is 5.95 Å². The lowest BCUT2D eigenvalue weighted by Crippen LogP contribution is -2.07. The van der Waals surface area contributed by atoms with Crippen LogP contribution in [0, 0.1) is 0 Å². The molecule has 8 heteroatoms. The first-order valence-corrected chi connectivity index (χ1v) is 5.55. The zero-order valence-electron chi connectivity index (χ0n) is 8.63. The third-order valence-corrected chi connectivity index (χ3v) is 2.34. The summed E-state index contributed by atoms with van der Waals surface area (Å²) in [6, 6.07) is 0. The fourth-order valence-corrected chi connectivity index (χ4v) is 1.56. The van der Waals surface area contributed by atoms with Gasteiger partial charge in [-0.1, -0.05) is 0 Å². The highest BCUT2D eigenvalue weighted by Crippen LogP contribution is 2.16. The second kappa shape index (κ2) is 4.59. The second-order valence-corrected chi connectivity index (χ2v) is 3.49. The Labute approximate surface area is 94.4 Å². The number of hydrogen-bond donors (Lipinski definition) is 2. The molecule has 0 fully saturated rings. The lowest BCUT2D eigenvalue weighted by atomic mass is 10.5. The smallest absolute Gasteiger partial charge is 0.224 e. The maximum atomic E-state index is 5.68. The molecule has 0 bridgehead atoms. The van der Waals surface area contributed by atoms with E-state index < -0.39 is 0 Å². The van der Waals surface area contributed by atoms with Gasteiger partial charge in [-0.05, 0) is 0 Å². The van der Waals surface area contributed by atoms with Gasteiger partial charge in [-0.3, -0.25) is 0 Å². The van der Waals surface area contributed by atoms with Crippen LogP contribution in [0.3, 0.4) is 0 Å². The maximum Gasteiger partial charge on any atom is 0.224 e. The number of anilines is 2. The van der Waals surface area contributed by atoms with Gasteiger partial charge in [-0.25, -0.2) is 4.98 Å². The summed E-state index contributed by atoms with van der Waals surface area (Å²) in [5.41, 5.74) is 12.4. The molecule has 4 N–H and O–H groups in total. The molecule has 0 aromatic carbocycles. The van der Waals surface area contributed by atoms with Crippen LogP contribution in [-0.4, -0.2) is 32.5 Å². The van der Waals surface area contributed by atoms with Crippen LogP contribution in [0.1, 0.15) is 0 Å². The molecule has 2 heterocycles. The maximum absolute atomic E-state index is 5.68. The fourth-order valence-electron chi connectivity index (χ4n) is 1.39. The van der Waals surface area contributed by atoms with Crippen LogP contribution in [0.2, 0.25) is 0 Å².